The topological polar surface area (TPSA) is 32.3 Å². The summed E-state index contributed by atoms with van der Waals surface area (Å²) in [5, 5.41) is 2.67. The van der Waals surface area contributed by atoms with Gasteiger partial charge in [-0.3, -0.25) is 9.69 Å². The van der Waals surface area contributed by atoms with Gasteiger partial charge in [-0.25, -0.2) is 0 Å². The molecule has 0 aromatic heterocycles. The van der Waals surface area contributed by atoms with Crippen LogP contribution in [0.15, 0.2) is 54.6 Å². The molecule has 1 fully saturated rings. The molecule has 1 saturated heterocycles. The third-order valence-electron chi connectivity index (χ3n) is 4.58. The van der Waals surface area contributed by atoms with Crippen LogP contribution in [-0.2, 0) is 11.0 Å². The number of alkyl halides is 3. The minimum absolute atomic E-state index is 0.155. The van der Waals surface area contributed by atoms with E-state index in [1.807, 2.05) is 30.3 Å². The number of rotatable bonds is 4. The van der Waals surface area contributed by atoms with Crippen LogP contribution >= 0.6 is 0 Å². The first kappa shape index (κ1) is 18.5. The van der Waals surface area contributed by atoms with Crippen LogP contribution in [0.4, 0.5) is 18.9 Å². The van der Waals surface area contributed by atoms with E-state index in [1.54, 1.807) is 0 Å². The molecule has 3 rings (SSSR count). The largest absolute Gasteiger partial charge is 0.416 e. The van der Waals surface area contributed by atoms with Crippen LogP contribution in [0.5, 0.6) is 0 Å². The number of hydrogen-bond donors (Lipinski definition) is 1. The zero-order valence-corrected chi connectivity index (χ0v) is 14.3. The molecule has 0 radical (unpaired) electrons. The van der Waals surface area contributed by atoms with Crippen molar-refractivity contribution in [3.05, 3.63) is 65.7 Å². The van der Waals surface area contributed by atoms with E-state index in [4.69, 9.17) is 0 Å². The smallest absolute Gasteiger partial charge is 0.324 e. The van der Waals surface area contributed by atoms with Crippen molar-refractivity contribution in [3.8, 4) is 0 Å². The van der Waals surface area contributed by atoms with Gasteiger partial charge in [-0.15, -0.1) is 0 Å². The predicted octanol–water partition coefficient (Wildman–Crippen LogP) is 4.87. The number of hydrogen-bond acceptors (Lipinski definition) is 2. The second-order valence-corrected chi connectivity index (χ2v) is 6.48. The Morgan fingerprint density at radius 2 is 1.65 bits per heavy atom. The fraction of sp³-hybridized carbons (Fsp3) is 0.350. The van der Waals surface area contributed by atoms with Gasteiger partial charge < -0.3 is 5.32 Å². The molecule has 138 valence electrons. The van der Waals surface area contributed by atoms with E-state index in [0.717, 1.165) is 50.0 Å². The average molecular weight is 362 g/mol. The number of nitrogens with one attached hydrogen (secondary N) is 1. The summed E-state index contributed by atoms with van der Waals surface area (Å²) in [7, 11) is 0. The van der Waals surface area contributed by atoms with Crippen LogP contribution in [0.25, 0.3) is 0 Å². The SMILES string of the molecule is O=C(Nc1cccc(C(F)(F)F)c1)[C@H](c1ccccc1)N1CCCCC1. The van der Waals surface area contributed by atoms with E-state index < -0.39 is 17.8 Å². The lowest BCUT2D eigenvalue weighted by Crippen LogP contribution is -2.40. The van der Waals surface area contributed by atoms with Crippen molar-refractivity contribution >= 4 is 11.6 Å². The van der Waals surface area contributed by atoms with Gasteiger partial charge in [-0.2, -0.15) is 13.2 Å². The van der Waals surface area contributed by atoms with Crippen molar-refractivity contribution in [2.45, 2.75) is 31.5 Å². The molecule has 2 aromatic rings. The van der Waals surface area contributed by atoms with Crippen LogP contribution in [0.1, 0.15) is 36.4 Å². The zero-order chi connectivity index (χ0) is 18.6. The lowest BCUT2D eigenvalue weighted by Gasteiger charge is -2.34. The highest BCUT2D eigenvalue weighted by Crippen LogP contribution is 2.31. The fourth-order valence-corrected chi connectivity index (χ4v) is 3.32. The second-order valence-electron chi connectivity index (χ2n) is 6.48. The summed E-state index contributed by atoms with van der Waals surface area (Å²) >= 11 is 0. The van der Waals surface area contributed by atoms with Crippen LogP contribution in [0.2, 0.25) is 0 Å². The minimum Gasteiger partial charge on any atom is -0.324 e. The summed E-state index contributed by atoms with van der Waals surface area (Å²) in [5.41, 5.74) is 0.228. The molecule has 0 aliphatic carbocycles. The first-order valence-corrected chi connectivity index (χ1v) is 8.72. The van der Waals surface area contributed by atoms with E-state index in [2.05, 4.69) is 10.2 Å². The van der Waals surface area contributed by atoms with E-state index >= 15 is 0 Å². The molecule has 1 N–H and O–H groups in total. The maximum Gasteiger partial charge on any atom is 0.416 e. The molecule has 2 aromatic carbocycles. The molecular weight excluding hydrogens is 341 g/mol. The third kappa shape index (κ3) is 4.43. The Balaban J connectivity index is 1.84. The van der Waals surface area contributed by atoms with Crippen molar-refractivity contribution in [3.63, 3.8) is 0 Å². The Labute approximate surface area is 150 Å². The third-order valence-corrected chi connectivity index (χ3v) is 4.58. The van der Waals surface area contributed by atoms with E-state index in [9.17, 15) is 18.0 Å². The second kappa shape index (κ2) is 7.91. The number of carbonyl (C=O) groups excluding carboxylic acids is 1. The maximum atomic E-state index is 12.9. The lowest BCUT2D eigenvalue weighted by molar-refractivity contribution is -0.137. The lowest BCUT2D eigenvalue weighted by atomic mass is 10.0. The monoisotopic (exact) mass is 362 g/mol. The molecule has 26 heavy (non-hydrogen) atoms. The number of piperidine rings is 1. The summed E-state index contributed by atoms with van der Waals surface area (Å²) in [6.45, 7) is 1.60. The molecule has 1 atom stereocenters. The normalized spacial score (nSPS) is 16.9. The number of amides is 1. The number of halogens is 3. The quantitative estimate of drug-likeness (QED) is 0.841. The number of carbonyl (C=O) groups is 1. The van der Waals surface area contributed by atoms with Crippen molar-refractivity contribution in [1.82, 2.24) is 4.90 Å². The standard InChI is InChI=1S/C20H21F3N2O/c21-20(22,23)16-10-7-11-17(14-16)24-19(26)18(15-8-3-1-4-9-15)25-12-5-2-6-13-25/h1,3-4,7-11,14,18H,2,5-6,12-13H2,(H,24,26)/t18-/m0/s1. The van der Waals surface area contributed by atoms with E-state index in [0.29, 0.717) is 0 Å². The maximum absolute atomic E-state index is 12.9. The Hall–Kier alpha value is -2.34. The van der Waals surface area contributed by atoms with Crippen LogP contribution in [-0.4, -0.2) is 23.9 Å². The van der Waals surface area contributed by atoms with Gasteiger partial charge >= 0.3 is 6.18 Å². The molecular formula is C20H21F3N2O. The molecule has 1 amide bonds. The van der Waals surface area contributed by atoms with Crippen LogP contribution < -0.4 is 5.32 Å². The molecule has 0 unspecified atom stereocenters. The highest BCUT2D eigenvalue weighted by molar-refractivity contribution is 5.95. The minimum atomic E-state index is -4.44. The molecule has 6 heteroatoms. The van der Waals surface area contributed by atoms with Gasteiger partial charge in [0.05, 0.1) is 5.56 Å². The molecule has 3 nitrogen and oxygen atoms in total. The van der Waals surface area contributed by atoms with Crippen molar-refractivity contribution in [2.75, 3.05) is 18.4 Å². The van der Waals surface area contributed by atoms with Gasteiger partial charge in [0.25, 0.3) is 0 Å². The number of anilines is 1. The summed E-state index contributed by atoms with van der Waals surface area (Å²) in [5.74, 6) is -0.308. The van der Waals surface area contributed by atoms with Crippen LogP contribution in [0, 0.1) is 0 Å². The predicted molar refractivity (Wildman–Crippen MR) is 94.7 cm³/mol. The van der Waals surface area contributed by atoms with Gasteiger partial charge in [-0.1, -0.05) is 42.8 Å². The van der Waals surface area contributed by atoms with E-state index in [1.165, 1.54) is 12.1 Å². The molecule has 0 bridgehead atoms. The summed E-state index contributed by atoms with van der Waals surface area (Å²) in [6.07, 6.45) is -1.28. The van der Waals surface area contributed by atoms with Gasteiger partial charge in [-0.05, 0) is 49.7 Å². The molecule has 1 heterocycles. The Morgan fingerprint density at radius 3 is 2.31 bits per heavy atom. The summed E-state index contributed by atoms with van der Waals surface area (Å²) in [6, 6.07) is 13.6. The van der Waals surface area contributed by atoms with Gasteiger partial charge in [0.2, 0.25) is 5.91 Å². The van der Waals surface area contributed by atoms with E-state index in [-0.39, 0.29) is 11.6 Å². The number of likely N-dealkylation sites (tertiary alicyclic amines) is 1. The average Bonchev–Trinajstić information content (AvgIpc) is 2.63. The fourth-order valence-electron chi connectivity index (χ4n) is 3.32. The number of benzene rings is 2. The molecule has 1 aliphatic rings. The molecule has 1 aliphatic heterocycles. The Morgan fingerprint density at radius 1 is 0.962 bits per heavy atom. The van der Waals surface area contributed by atoms with Crippen molar-refractivity contribution in [1.29, 1.82) is 0 Å². The summed E-state index contributed by atoms with van der Waals surface area (Å²) < 4.78 is 38.7. The molecule has 0 spiro atoms. The summed E-state index contributed by atoms with van der Waals surface area (Å²) in [4.78, 5) is 15.0. The zero-order valence-electron chi connectivity index (χ0n) is 14.3. The first-order chi connectivity index (χ1) is 12.4. The van der Waals surface area contributed by atoms with Gasteiger partial charge in [0, 0.05) is 5.69 Å². The first-order valence-electron chi connectivity index (χ1n) is 8.72. The number of nitrogens with zero attached hydrogens (tertiary/aromatic N) is 1. The van der Waals surface area contributed by atoms with Gasteiger partial charge in [0.1, 0.15) is 6.04 Å². The van der Waals surface area contributed by atoms with Crippen molar-refractivity contribution < 1.29 is 18.0 Å². The highest BCUT2D eigenvalue weighted by Gasteiger charge is 2.32. The Bertz CT molecular complexity index is 740. The highest BCUT2D eigenvalue weighted by atomic mass is 19.4. The Kier molecular flexibility index (Phi) is 5.61. The van der Waals surface area contributed by atoms with Crippen molar-refractivity contribution in [2.24, 2.45) is 0 Å². The van der Waals surface area contributed by atoms with Gasteiger partial charge in [0.15, 0.2) is 0 Å². The molecule has 0 saturated carbocycles. The van der Waals surface area contributed by atoms with Crippen LogP contribution in [0.3, 0.4) is 0 Å².